The van der Waals surface area contributed by atoms with E-state index < -0.39 is 11.6 Å². The van der Waals surface area contributed by atoms with Crippen molar-refractivity contribution in [2.75, 3.05) is 0 Å². The topological polar surface area (TPSA) is 85.8 Å². The first kappa shape index (κ1) is 17.0. The van der Waals surface area contributed by atoms with Crippen LogP contribution < -0.4 is 5.56 Å². The second-order valence-corrected chi connectivity index (χ2v) is 7.19. The Kier molecular flexibility index (Phi) is 4.02. The van der Waals surface area contributed by atoms with Crippen molar-refractivity contribution >= 4 is 22.3 Å². The molecule has 0 amide bonds. The van der Waals surface area contributed by atoms with Gasteiger partial charge in [0.2, 0.25) is 0 Å². The lowest BCUT2D eigenvalue weighted by Gasteiger charge is -2.25. The summed E-state index contributed by atoms with van der Waals surface area (Å²) in [4.78, 5) is 40.5. The van der Waals surface area contributed by atoms with Crippen LogP contribution in [-0.4, -0.2) is 25.8 Å². The molecule has 7 heteroatoms. The van der Waals surface area contributed by atoms with Gasteiger partial charge in [-0.05, 0) is 39.8 Å². The highest BCUT2D eigenvalue weighted by atomic mass is 16.3. The van der Waals surface area contributed by atoms with E-state index in [1.807, 2.05) is 45.0 Å². The highest BCUT2D eigenvalue weighted by Gasteiger charge is 2.25. The molecule has 25 heavy (non-hydrogen) atoms. The summed E-state index contributed by atoms with van der Waals surface area (Å²) in [5, 5.41) is 2.86. The van der Waals surface area contributed by atoms with Gasteiger partial charge in [0.25, 0.3) is 5.56 Å². The predicted octanol–water partition coefficient (Wildman–Crippen LogP) is 3.13. The summed E-state index contributed by atoms with van der Waals surface area (Å²) in [6.45, 7) is 7.38. The van der Waals surface area contributed by atoms with Gasteiger partial charge in [0.1, 0.15) is 17.5 Å². The Labute approximate surface area is 144 Å². The maximum Gasteiger partial charge on any atom is 0.278 e. The van der Waals surface area contributed by atoms with Crippen molar-refractivity contribution < 1.29 is 4.79 Å². The summed E-state index contributed by atoms with van der Waals surface area (Å²) in [6.07, 6.45) is 1.41. The highest BCUT2D eigenvalue weighted by molar-refractivity contribution is 6.01. The fraction of sp³-hybridized carbons (Fsp3) is 0.389. The van der Waals surface area contributed by atoms with Crippen LogP contribution in [0.2, 0.25) is 0 Å². The molecule has 2 heterocycles. The molecule has 0 fully saturated rings. The molecule has 0 aliphatic carbocycles. The van der Waals surface area contributed by atoms with E-state index in [2.05, 4.69) is 10.2 Å². The molecule has 0 aliphatic rings. The number of benzene rings is 1. The molecular formula is C18H20N4O3. The molecule has 1 atom stereocenters. The Bertz CT molecular complexity index is 1040. The molecule has 2 aromatic heterocycles. The van der Waals surface area contributed by atoms with Crippen LogP contribution in [0.1, 0.15) is 44.6 Å². The fourth-order valence-corrected chi connectivity index (χ4v) is 3.08. The standard InChI is InChI=1S/C18H20N4O3/c1-11(20-25)9-14(23)15-16-17(24)22(18(2,3)4)13-8-6-5-7-12(13)21(16)10-19-15/h5-8,10-11H,9H2,1-4H3. The summed E-state index contributed by atoms with van der Waals surface area (Å²) in [6, 6.07) is 6.85. The zero-order valence-electron chi connectivity index (χ0n) is 14.7. The fourth-order valence-electron chi connectivity index (χ4n) is 3.08. The lowest BCUT2D eigenvalue weighted by molar-refractivity contribution is 0.0973. The zero-order valence-corrected chi connectivity index (χ0v) is 14.7. The zero-order chi connectivity index (χ0) is 18.4. The van der Waals surface area contributed by atoms with Crippen LogP contribution >= 0.6 is 0 Å². The van der Waals surface area contributed by atoms with Crippen LogP contribution in [-0.2, 0) is 5.54 Å². The van der Waals surface area contributed by atoms with E-state index >= 15 is 0 Å². The summed E-state index contributed by atoms with van der Waals surface area (Å²) < 4.78 is 3.32. The Morgan fingerprint density at radius 1 is 1.24 bits per heavy atom. The number of nitrogens with zero attached hydrogens (tertiary/aromatic N) is 4. The molecule has 1 unspecified atom stereocenters. The Morgan fingerprint density at radius 3 is 2.48 bits per heavy atom. The van der Waals surface area contributed by atoms with Gasteiger partial charge in [-0.2, -0.15) is 4.91 Å². The number of aromatic nitrogens is 3. The lowest BCUT2D eigenvalue weighted by atomic mass is 10.1. The number of rotatable bonds is 4. The molecule has 130 valence electrons. The molecule has 0 aliphatic heterocycles. The Balaban J connectivity index is 2.39. The van der Waals surface area contributed by atoms with Gasteiger partial charge >= 0.3 is 0 Å². The monoisotopic (exact) mass is 340 g/mol. The van der Waals surface area contributed by atoms with Crippen LogP contribution in [0.15, 0.2) is 40.6 Å². The quantitative estimate of drug-likeness (QED) is 0.539. The SMILES string of the molecule is CC(CC(=O)c1ncn2c1c(=O)n(C(C)(C)C)c1ccccc12)N=O. The van der Waals surface area contributed by atoms with E-state index in [1.54, 1.807) is 15.9 Å². The number of fused-ring (bicyclic) bond motifs is 3. The average Bonchev–Trinajstić information content (AvgIpc) is 2.99. The second-order valence-electron chi connectivity index (χ2n) is 7.19. The minimum absolute atomic E-state index is 0.0715. The molecular weight excluding hydrogens is 320 g/mol. The number of imidazole rings is 1. The number of ketones is 1. The van der Waals surface area contributed by atoms with Gasteiger partial charge in [-0.1, -0.05) is 17.3 Å². The molecule has 1 aromatic carbocycles. The number of carbonyl (C=O) groups is 1. The number of Topliss-reactive ketones (excluding diaryl/α,β-unsaturated/α-hetero) is 1. The van der Waals surface area contributed by atoms with Gasteiger partial charge in [-0.3, -0.25) is 18.6 Å². The van der Waals surface area contributed by atoms with Gasteiger partial charge in [-0.25, -0.2) is 4.98 Å². The molecule has 0 N–H and O–H groups in total. The summed E-state index contributed by atoms with van der Waals surface area (Å²) in [5.74, 6) is -0.359. The average molecular weight is 340 g/mol. The number of hydrogen-bond acceptors (Lipinski definition) is 5. The van der Waals surface area contributed by atoms with E-state index in [-0.39, 0.29) is 29.0 Å². The number of hydrogen-bond donors (Lipinski definition) is 0. The number of para-hydroxylation sites is 2. The third-order valence-electron chi connectivity index (χ3n) is 4.15. The van der Waals surface area contributed by atoms with Gasteiger partial charge in [0.15, 0.2) is 5.78 Å². The third-order valence-corrected chi connectivity index (χ3v) is 4.15. The normalized spacial score (nSPS) is 13.3. The molecule has 0 bridgehead atoms. The molecule has 0 spiro atoms. The third kappa shape index (κ3) is 2.75. The van der Waals surface area contributed by atoms with E-state index in [4.69, 9.17) is 0 Å². The van der Waals surface area contributed by atoms with Crippen molar-refractivity contribution in [2.24, 2.45) is 5.18 Å². The van der Waals surface area contributed by atoms with Crippen LogP contribution in [0.4, 0.5) is 0 Å². The first-order valence-electron chi connectivity index (χ1n) is 8.12. The molecule has 0 saturated heterocycles. The smallest absolute Gasteiger partial charge is 0.278 e. The van der Waals surface area contributed by atoms with Gasteiger partial charge in [0.05, 0.1) is 17.1 Å². The summed E-state index contributed by atoms with van der Waals surface area (Å²) >= 11 is 0. The van der Waals surface area contributed by atoms with Crippen molar-refractivity contribution in [3.63, 3.8) is 0 Å². The van der Waals surface area contributed by atoms with E-state index in [9.17, 15) is 14.5 Å². The van der Waals surface area contributed by atoms with Crippen molar-refractivity contribution in [3.8, 4) is 0 Å². The van der Waals surface area contributed by atoms with Crippen LogP contribution in [0.3, 0.4) is 0 Å². The predicted molar refractivity (Wildman–Crippen MR) is 96.2 cm³/mol. The minimum atomic E-state index is -0.658. The van der Waals surface area contributed by atoms with Crippen molar-refractivity contribution in [2.45, 2.75) is 45.7 Å². The summed E-state index contributed by atoms with van der Waals surface area (Å²) in [7, 11) is 0. The molecule has 3 rings (SSSR count). The second kappa shape index (κ2) is 5.91. The van der Waals surface area contributed by atoms with Crippen LogP contribution in [0.25, 0.3) is 16.6 Å². The molecule has 7 nitrogen and oxygen atoms in total. The summed E-state index contributed by atoms with van der Waals surface area (Å²) in [5.41, 5.74) is 1.13. The van der Waals surface area contributed by atoms with E-state index in [1.165, 1.54) is 6.33 Å². The van der Waals surface area contributed by atoms with Crippen molar-refractivity contribution in [3.05, 3.63) is 51.5 Å². The molecule has 0 saturated carbocycles. The Hall–Kier alpha value is -2.83. The largest absolute Gasteiger partial charge is 0.300 e. The van der Waals surface area contributed by atoms with Crippen molar-refractivity contribution in [1.82, 2.24) is 14.0 Å². The number of carbonyl (C=O) groups excluding carboxylic acids is 1. The number of nitroso groups, excluding NO2 is 1. The maximum atomic E-state index is 13.2. The van der Waals surface area contributed by atoms with Gasteiger partial charge < -0.3 is 0 Å². The molecule has 0 radical (unpaired) electrons. The Morgan fingerprint density at radius 2 is 1.88 bits per heavy atom. The van der Waals surface area contributed by atoms with Gasteiger partial charge in [-0.15, -0.1) is 0 Å². The molecule has 3 aromatic rings. The van der Waals surface area contributed by atoms with E-state index in [0.29, 0.717) is 0 Å². The van der Waals surface area contributed by atoms with Crippen LogP contribution in [0.5, 0.6) is 0 Å². The first-order chi connectivity index (χ1) is 11.8. The highest BCUT2D eigenvalue weighted by Crippen LogP contribution is 2.23. The van der Waals surface area contributed by atoms with E-state index in [0.717, 1.165) is 11.0 Å². The van der Waals surface area contributed by atoms with Gasteiger partial charge in [0, 0.05) is 12.0 Å². The van der Waals surface area contributed by atoms with Crippen molar-refractivity contribution in [1.29, 1.82) is 0 Å². The maximum absolute atomic E-state index is 13.2. The van der Waals surface area contributed by atoms with Crippen LogP contribution in [0, 0.1) is 4.91 Å². The first-order valence-corrected chi connectivity index (χ1v) is 8.12. The lowest BCUT2D eigenvalue weighted by Crippen LogP contribution is -2.35. The minimum Gasteiger partial charge on any atom is -0.300 e.